The molecule has 8 heteroatoms. The number of rotatable bonds is 6. The zero-order valence-corrected chi connectivity index (χ0v) is 19.8. The molecule has 0 amide bonds. The molecule has 0 aliphatic carbocycles. The molecule has 0 fully saturated rings. The van der Waals surface area contributed by atoms with Gasteiger partial charge in [0.05, 0.1) is 25.7 Å². The fraction of sp³-hybridized carbons (Fsp3) is 0.231. The number of hydrogen-bond acceptors (Lipinski definition) is 6. The van der Waals surface area contributed by atoms with Crippen molar-refractivity contribution in [2.45, 2.75) is 25.8 Å². The smallest absolute Gasteiger partial charge is 0.258 e. The summed E-state index contributed by atoms with van der Waals surface area (Å²) in [6.45, 7) is 2.27. The third kappa shape index (κ3) is 4.20. The van der Waals surface area contributed by atoms with Gasteiger partial charge in [-0.05, 0) is 48.7 Å². The highest BCUT2D eigenvalue weighted by Crippen LogP contribution is 2.41. The highest BCUT2D eigenvalue weighted by molar-refractivity contribution is 6.30. The highest BCUT2D eigenvalue weighted by atomic mass is 35.5. The van der Waals surface area contributed by atoms with Gasteiger partial charge in [-0.1, -0.05) is 29.8 Å². The largest absolute Gasteiger partial charge is 0.493 e. The standard InChI is InChI=1S/C26H24ClN3O4/c1-15-11-22-24(23(19(14-28)25(29)34-22)17-5-4-6-18(27)13-17)26(31)30(15)10-9-16-7-8-20(32-2)21(12-16)33-3/h4-8,11-13,23H,9-10,29H2,1-3H3. The molecule has 2 heterocycles. The third-order valence-electron chi connectivity index (χ3n) is 5.94. The second-order valence-corrected chi connectivity index (χ2v) is 8.38. The summed E-state index contributed by atoms with van der Waals surface area (Å²) in [5.74, 6) is 0.938. The van der Waals surface area contributed by atoms with Gasteiger partial charge >= 0.3 is 0 Å². The van der Waals surface area contributed by atoms with Crippen molar-refractivity contribution in [3.05, 3.63) is 97.7 Å². The lowest BCUT2D eigenvalue weighted by molar-refractivity contribution is 0.354. The summed E-state index contributed by atoms with van der Waals surface area (Å²) in [4.78, 5) is 13.7. The molecule has 0 radical (unpaired) electrons. The van der Waals surface area contributed by atoms with Crippen molar-refractivity contribution in [2.75, 3.05) is 14.2 Å². The van der Waals surface area contributed by atoms with Crippen LogP contribution in [-0.4, -0.2) is 18.8 Å². The van der Waals surface area contributed by atoms with Crippen molar-refractivity contribution < 1.29 is 14.2 Å². The molecule has 1 aliphatic heterocycles. The first kappa shape index (κ1) is 23.3. The van der Waals surface area contributed by atoms with Crippen molar-refractivity contribution in [2.24, 2.45) is 5.73 Å². The van der Waals surface area contributed by atoms with Crippen molar-refractivity contribution in [1.29, 1.82) is 5.26 Å². The zero-order valence-electron chi connectivity index (χ0n) is 19.1. The van der Waals surface area contributed by atoms with Gasteiger partial charge in [-0.2, -0.15) is 5.26 Å². The minimum Gasteiger partial charge on any atom is -0.493 e. The van der Waals surface area contributed by atoms with Gasteiger partial charge in [0, 0.05) is 23.3 Å². The Balaban J connectivity index is 1.77. The molecule has 174 valence electrons. The highest BCUT2D eigenvalue weighted by Gasteiger charge is 2.34. The third-order valence-corrected chi connectivity index (χ3v) is 6.18. The average molecular weight is 478 g/mol. The van der Waals surface area contributed by atoms with Crippen LogP contribution in [0.25, 0.3) is 0 Å². The maximum atomic E-state index is 13.7. The first-order chi connectivity index (χ1) is 16.4. The van der Waals surface area contributed by atoms with E-state index in [0.717, 1.165) is 11.3 Å². The Kier molecular flexibility index (Phi) is 6.53. The van der Waals surface area contributed by atoms with Crippen LogP contribution in [0.1, 0.15) is 28.3 Å². The first-order valence-corrected chi connectivity index (χ1v) is 11.0. The molecular formula is C26H24ClN3O4. The lowest BCUT2D eigenvalue weighted by Crippen LogP contribution is -2.33. The van der Waals surface area contributed by atoms with Gasteiger partial charge in [-0.3, -0.25) is 4.79 Å². The second kappa shape index (κ2) is 9.54. The Morgan fingerprint density at radius 2 is 1.91 bits per heavy atom. The van der Waals surface area contributed by atoms with Gasteiger partial charge in [0.2, 0.25) is 5.88 Å². The van der Waals surface area contributed by atoms with E-state index >= 15 is 0 Å². The molecule has 1 unspecified atom stereocenters. The van der Waals surface area contributed by atoms with E-state index in [4.69, 9.17) is 31.5 Å². The summed E-state index contributed by atoms with van der Waals surface area (Å²) in [7, 11) is 3.17. The molecule has 4 rings (SSSR count). The molecule has 0 saturated carbocycles. The number of benzene rings is 2. The number of nitrogens with two attached hydrogens (primary N) is 1. The molecule has 1 aromatic heterocycles. The van der Waals surface area contributed by atoms with Crippen LogP contribution in [0.2, 0.25) is 5.02 Å². The van der Waals surface area contributed by atoms with Crippen LogP contribution in [0.15, 0.2) is 64.8 Å². The Bertz CT molecular complexity index is 1390. The topological polar surface area (TPSA) is 99.5 Å². The summed E-state index contributed by atoms with van der Waals surface area (Å²) in [5.41, 5.74) is 8.79. The van der Waals surface area contributed by atoms with Crippen LogP contribution in [0, 0.1) is 18.3 Å². The molecule has 34 heavy (non-hydrogen) atoms. The Morgan fingerprint density at radius 3 is 2.59 bits per heavy atom. The second-order valence-electron chi connectivity index (χ2n) is 7.94. The van der Waals surface area contributed by atoms with E-state index in [0.29, 0.717) is 46.4 Å². The van der Waals surface area contributed by atoms with Gasteiger partial charge in [-0.15, -0.1) is 0 Å². The number of aryl methyl sites for hydroxylation is 2. The number of nitriles is 1. The monoisotopic (exact) mass is 477 g/mol. The molecule has 3 aromatic rings. The van der Waals surface area contributed by atoms with Crippen LogP contribution in [0.5, 0.6) is 17.2 Å². The van der Waals surface area contributed by atoms with Crippen LogP contribution >= 0.6 is 11.6 Å². The summed E-state index contributed by atoms with van der Waals surface area (Å²) < 4.78 is 18.1. The van der Waals surface area contributed by atoms with Gasteiger partial charge in [0.15, 0.2) is 11.5 Å². The van der Waals surface area contributed by atoms with E-state index in [-0.39, 0.29) is 17.0 Å². The Morgan fingerprint density at radius 1 is 1.15 bits per heavy atom. The molecule has 0 spiro atoms. The van der Waals surface area contributed by atoms with Crippen molar-refractivity contribution in [3.63, 3.8) is 0 Å². The lowest BCUT2D eigenvalue weighted by Gasteiger charge is -2.27. The fourth-order valence-electron chi connectivity index (χ4n) is 4.26. The number of allylic oxidation sites excluding steroid dienone is 1. The summed E-state index contributed by atoms with van der Waals surface area (Å²) in [6.07, 6.45) is 0.589. The molecule has 1 aliphatic rings. The maximum absolute atomic E-state index is 13.7. The van der Waals surface area contributed by atoms with E-state index < -0.39 is 5.92 Å². The number of pyridine rings is 1. The van der Waals surface area contributed by atoms with Crippen LogP contribution in [0.3, 0.4) is 0 Å². The van der Waals surface area contributed by atoms with E-state index in [1.54, 1.807) is 43.1 Å². The van der Waals surface area contributed by atoms with Crippen LogP contribution < -0.4 is 25.5 Å². The minimum atomic E-state index is -0.673. The number of fused-ring (bicyclic) bond motifs is 1. The number of hydrogen-bond donors (Lipinski definition) is 1. The lowest BCUT2D eigenvalue weighted by atomic mass is 9.84. The Labute approximate surface area is 202 Å². The summed E-state index contributed by atoms with van der Waals surface area (Å²) >= 11 is 6.21. The summed E-state index contributed by atoms with van der Waals surface area (Å²) in [5, 5.41) is 10.3. The molecular weight excluding hydrogens is 454 g/mol. The van der Waals surface area contributed by atoms with Gasteiger partial charge < -0.3 is 24.5 Å². The van der Waals surface area contributed by atoms with Crippen molar-refractivity contribution in [1.82, 2.24) is 4.57 Å². The van der Waals surface area contributed by atoms with Crippen LogP contribution in [-0.2, 0) is 13.0 Å². The van der Waals surface area contributed by atoms with Gasteiger partial charge in [0.1, 0.15) is 17.4 Å². The molecule has 1 atom stereocenters. The molecule has 0 bridgehead atoms. The van der Waals surface area contributed by atoms with Gasteiger partial charge in [0.25, 0.3) is 5.56 Å². The quantitative estimate of drug-likeness (QED) is 0.568. The minimum absolute atomic E-state index is 0.0122. The molecule has 2 N–H and O–H groups in total. The number of nitrogens with zero attached hydrogens (tertiary/aromatic N) is 2. The first-order valence-electron chi connectivity index (χ1n) is 10.7. The van der Waals surface area contributed by atoms with E-state index in [1.165, 1.54) is 0 Å². The molecule has 2 aromatic carbocycles. The Hall–Kier alpha value is -3.89. The predicted octanol–water partition coefficient (Wildman–Crippen LogP) is 4.29. The SMILES string of the molecule is COc1ccc(CCn2c(C)cc3c(c2=O)C(c2cccc(Cl)c2)C(C#N)=C(N)O3)cc1OC. The van der Waals surface area contributed by atoms with Crippen molar-refractivity contribution in [3.8, 4) is 23.3 Å². The normalized spacial score (nSPS) is 14.7. The van der Waals surface area contributed by atoms with E-state index in [1.807, 2.05) is 31.2 Å². The number of aromatic nitrogens is 1. The average Bonchev–Trinajstić information content (AvgIpc) is 2.82. The van der Waals surface area contributed by atoms with Crippen molar-refractivity contribution >= 4 is 11.6 Å². The van der Waals surface area contributed by atoms with Crippen LogP contribution in [0.4, 0.5) is 0 Å². The molecule has 7 nitrogen and oxygen atoms in total. The fourth-order valence-corrected chi connectivity index (χ4v) is 4.46. The molecule has 0 saturated heterocycles. The van der Waals surface area contributed by atoms with Gasteiger partial charge in [-0.25, -0.2) is 0 Å². The predicted molar refractivity (Wildman–Crippen MR) is 129 cm³/mol. The van der Waals surface area contributed by atoms with E-state index in [2.05, 4.69) is 6.07 Å². The maximum Gasteiger partial charge on any atom is 0.258 e. The number of ether oxygens (including phenoxy) is 3. The summed E-state index contributed by atoms with van der Waals surface area (Å²) in [6, 6.07) is 16.6. The van der Waals surface area contributed by atoms with E-state index in [9.17, 15) is 10.1 Å². The zero-order chi connectivity index (χ0) is 24.4. The number of halogens is 1. The number of methoxy groups -OCH3 is 2.